The molecule has 0 aliphatic carbocycles. The van der Waals surface area contributed by atoms with Gasteiger partial charge in [0.15, 0.2) is 0 Å². The van der Waals surface area contributed by atoms with Crippen LogP contribution in [-0.2, 0) is 11.3 Å². The van der Waals surface area contributed by atoms with E-state index in [4.69, 9.17) is 5.11 Å². The molecule has 0 fully saturated rings. The second-order valence-electron chi connectivity index (χ2n) is 3.37. The van der Waals surface area contributed by atoms with Crippen LogP contribution < -0.4 is 0 Å². The summed E-state index contributed by atoms with van der Waals surface area (Å²) in [6.45, 7) is 0.254. The van der Waals surface area contributed by atoms with Crippen molar-refractivity contribution >= 4 is 5.97 Å². The van der Waals surface area contributed by atoms with E-state index in [2.05, 4.69) is 5.10 Å². The monoisotopic (exact) mass is 214 g/mol. The van der Waals surface area contributed by atoms with Gasteiger partial charge in [-0.1, -0.05) is 0 Å². The lowest BCUT2D eigenvalue weighted by Gasteiger charge is -2.13. The molecule has 0 aliphatic heterocycles. The number of aliphatic carboxylic acids is 1. The summed E-state index contributed by atoms with van der Waals surface area (Å²) in [6, 6.07) is 1.72. The largest absolute Gasteiger partial charge is 0.481 e. The molecule has 1 aromatic heterocycles. The van der Waals surface area contributed by atoms with Gasteiger partial charge < -0.3 is 15.3 Å². The van der Waals surface area contributed by atoms with Gasteiger partial charge in [-0.3, -0.25) is 9.48 Å². The number of carboxylic acids is 1. The van der Waals surface area contributed by atoms with Crippen LogP contribution in [0, 0.1) is 0 Å². The fourth-order valence-electron chi connectivity index (χ4n) is 1.30. The molecule has 84 valence electrons. The minimum absolute atomic E-state index is 0.0339. The van der Waals surface area contributed by atoms with Gasteiger partial charge in [0.2, 0.25) is 0 Å². The third-order valence-corrected chi connectivity index (χ3v) is 1.91. The zero-order valence-corrected chi connectivity index (χ0v) is 8.15. The Morgan fingerprint density at radius 1 is 1.40 bits per heavy atom. The maximum Gasteiger partial charge on any atom is 0.305 e. The van der Waals surface area contributed by atoms with Gasteiger partial charge in [0.05, 0.1) is 25.2 Å². The number of aromatic nitrogens is 2. The summed E-state index contributed by atoms with van der Waals surface area (Å²) in [5.74, 6) is -1.08. The lowest BCUT2D eigenvalue weighted by molar-refractivity contribution is -0.139. The fraction of sp³-hybridized carbons (Fsp3) is 0.556. The van der Waals surface area contributed by atoms with Crippen LogP contribution in [-0.4, -0.2) is 43.3 Å². The molecule has 15 heavy (non-hydrogen) atoms. The van der Waals surface area contributed by atoms with E-state index in [-0.39, 0.29) is 19.4 Å². The quantitative estimate of drug-likeness (QED) is 0.591. The highest BCUT2D eigenvalue weighted by molar-refractivity contribution is 5.67. The van der Waals surface area contributed by atoms with Crippen molar-refractivity contribution in [3.8, 4) is 0 Å². The van der Waals surface area contributed by atoms with Gasteiger partial charge in [0.1, 0.15) is 0 Å². The molecule has 0 bridgehead atoms. The summed E-state index contributed by atoms with van der Waals surface area (Å²) in [6.07, 6.45) is 1.14. The van der Waals surface area contributed by atoms with Crippen LogP contribution in [0.25, 0.3) is 0 Å². The third kappa shape index (κ3) is 4.57. The van der Waals surface area contributed by atoms with E-state index in [0.29, 0.717) is 0 Å². The highest BCUT2D eigenvalue weighted by Gasteiger charge is 2.15. The van der Waals surface area contributed by atoms with E-state index >= 15 is 0 Å². The average Bonchev–Trinajstić information content (AvgIpc) is 2.53. The highest BCUT2D eigenvalue weighted by Crippen LogP contribution is 2.04. The Balaban J connectivity index is 2.29. The maximum atomic E-state index is 10.2. The van der Waals surface area contributed by atoms with Gasteiger partial charge in [0, 0.05) is 18.8 Å². The smallest absolute Gasteiger partial charge is 0.305 e. The number of rotatable bonds is 6. The number of nitrogens with zero attached hydrogens (tertiary/aromatic N) is 2. The summed E-state index contributed by atoms with van der Waals surface area (Å²) in [5, 5.41) is 31.0. The second kappa shape index (κ2) is 5.47. The Morgan fingerprint density at radius 2 is 2.13 bits per heavy atom. The van der Waals surface area contributed by atoms with Gasteiger partial charge in [-0.2, -0.15) is 5.10 Å². The van der Waals surface area contributed by atoms with Gasteiger partial charge in [0.25, 0.3) is 0 Å². The molecule has 1 heterocycles. The fourth-order valence-corrected chi connectivity index (χ4v) is 1.30. The lowest BCUT2D eigenvalue weighted by atomic mass is 10.1. The summed E-state index contributed by atoms with van der Waals surface area (Å²) in [5.41, 5.74) is 0. The first-order chi connectivity index (χ1) is 7.08. The van der Waals surface area contributed by atoms with E-state index < -0.39 is 18.2 Å². The predicted octanol–water partition coefficient (Wildman–Crippen LogP) is -0.530. The molecule has 0 saturated heterocycles. The molecule has 0 unspecified atom stereocenters. The van der Waals surface area contributed by atoms with Crippen molar-refractivity contribution in [2.75, 3.05) is 0 Å². The standard InChI is InChI=1S/C9H14N2O4/c12-7(5-9(14)15)4-8(13)6-11-3-1-2-10-11/h1-3,7-8,12-13H,4-6H2,(H,14,15)/t7-,8+/m1/s1. The van der Waals surface area contributed by atoms with Crippen LogP contribution >= 0.6 is 0 Å². The average molecular weight is 214 g/mol. The Kier molecular flexibility index (Phi) is 4.26. The van der Waals surface area contributed by atoms with Crippen molar-refractivity contribution in [2.24, 2.45) is 0 Å². The van der Waals surface area contributed by atoms with Gasteiger partial charge in [-0.05, 0) is 6.07 Å². The Morgan fingerprint density at radius 3 is 2.67 bits per heavy atom. The molecule has 0 aromatic carbocycles. The highest BCUT2D eigenvalue weighted by atomic mass is 16.4. The van der Waals surface area contributed by atoms with Gasteiger partial charge in [-0.15, -0.1) is 0 Å². The van der Waals surface area contributed by atoms with E-state index in [0.717, 1.165) is 0 Å². The van der Waals surface area contributed by atoms with Crippen LogP contribution in [0.4, 0.5) is 0 Å². The molecule has 0 saturated carbocycles. The number of aliphatic hydroxyl groups excluding tert-OH is 2. The van der Waals surface area contributed by atoms with Crippen LogP contribution in [0.1, 0.15) is 12.8 Å². The minimum atomic E-state index is -1.08. The van der Waals surface area contributed by atoms with E-state index in [9.17, 15) is 15.0 Å². The zero-order valence-electron chi connectivity index (χ0n) is 8.15. The number of carboxylic acid groups (broad SMARTS) is 1. The SMILES string of the molecule is O=C(O)C[C@H](O)C[C@H](O)Cn1cccn1. The van der Waals surface area contributed by atoms with Crippen LogP contribution in [0.3, 0.4) is 0 Å². The third-order valence-electron chi connectivity index (χ3n) is 1.91. The molecule has 0 amide bonds. The maximum absolute atomic E-state index is 10.2. The Bertz CT molecular complexity index is 299. The Hall–Kier alpha value is -1.40. The predicted molar refractivity (Wildman–Crippen MR) is 51.1 cm³/mol. The summed E-state index contributed by atoms with van der Waals surface area (Å²) in [7, 11) is 0. The first-order valence-corrected chi connectivity index (χ1v) is 4.63. The van der Waals surface area contributed by atoms with Gasteiger partial charge in [-0.25, -0.2) is 0 Å². The number of carbonyl (C=O) groups is 1. The van der Waals surface area contributed by atoms with Crippen molar-refractivity contribution in [3.63, 3.8) is 0 Å². The minimum Gasteiger partial charge on any atom is -0.481 e. The molecule has 6 heteroatoms. The van der Waals surface area contributed by atoms with E-state index in [1.165, 1.54) is 4.68 Å². The number of aliphatic hydroxyl groups is 2. The van der Waals surface area contributed by atoms with Crippen molar-refractivity contribution < 1.29 is 20.1 Å². The molecular weight excluding hydrogens is 200 g/mol. The summed E-state index contributed by atoms with van der Waals surface area (Å²) in [4.78, 5) is 10.2. The van der Waals surface area contributed by atoms with Gasteiger partial charge >= 0.3 is 5.97 Å². The molecule has 1 rings (SSSR count). The lowest BCUT2D eigenvalue weighted by Crippen LogP contribution is -2.24. The molecule has 2 atom stereocenters. The molecule has 3 N–H and O–H groups in total. The molecule has 6 nitrogen and oxygen atoms in total. The van der Waals surface area contributed by atoms with Crippen molar-refractivity contribution in [1.29, 1.82) is 0 Å². The van der Waals surface area contributed by atoms with E-state index in [1.807, 2.05) is 0 Å². The van der Waals surface area contributed by atoms with E-state index in [1.54, 1.807) is 18.5 Å². The second-order valence-corrected chi connectivity index (χ2v) is 3.37. The molecule has 0 aliphatic rings. The number of hydrogen-bond donors (Lipinski definition) is 3. The van der Waals surface area contributed by atoms with Crippen LogP contribution in [0.5, 0.6) is 0 Å². The van der Waals surface area contributed by atoms with Crippen LogP contribution in [0.15, 0.2) is 18.5 Å². The van der Waals surface area contributed by atoms with Crippen molar-refractivity contribution in [3.05, 3.63) is 18.5 Å². The first-order valence-electron chi connectivity index (χ1n) is 4.63. The van der Waals surface area contributed by atoms with Crippen LogP contribution in [0.2, 0.25) is 0 Å². The summed E-state index contributed by atoms with van der Waals surface area (Å²) >= 11 is 0. The normalized spacial score (nSPS) is 14.8. The molecular formula is C9H14N2O4. The Labute approximate surface area is 86.8 Å². The zero-order chi connectivity index (χ0) is 11.3. The van der Waals surface area contributed by atoms with Crippen molar-refractivity contribution in [2.45, 2.75) is 31.6 Å². The molecule has 0 radical (unpaired) electrons. The summed E-state index contributed by atoms with van der Waals surface area (Å²) < 4.78 is 1.53. The first kappa shape index (κ1) is 11.7. The molecule has 1 aromatic rings. The topological polar surface area (TPSA) is 95.6 Å². The number of hydrogen-bond acceptors (Lipinski definition) is 4. The van der Waals surface area contributed by atoms with Crippen molar-refractivity contribution in [1.82, 2.24) is 9.78 Å². The molecule has 0 spiro atoms.